The zero-order chi connectivity index (χ0) is 23.2. The van der Waals surface area contributed by atoms with E-state index in [-0.39, 0.29) is 23.4 Å². The first kappa shape index (κ1) is 21.5. The molecule has 0 aliphatic carbocycles. The van der Waals surface area contributed by atoms with Crippen LogP contribution in [-0.2, 0) is 15.0 Å². The molecule has 4 saturated heterocycles. The largest absolute Gasteiger partial charge is 0.320 e. The van der Waals surface area contributed by atoms with Gasteiger partial charge >= 0.3 is 0 Å². The highest BCUT2D eigenvalue weighted by Crippen LogP contribution is 2.67. The first-order chi connectivity index (χ1) is 15.8. The molecule has 4 fully saturated rings. The summed E-state index contributed by atoms with van der Waals surface area (Å²) >= 11 is 8.48. The van der Waals surface area contributed by atoms with Gasteiger partial charge in [0.1, 0.15) is 9.69 Å². The van der Waals surface area contributed by atoms with Crippen molar-refractivity contribution in [1.29, 1.82) is 0 Å². The molecule has 7 rings (SSSR count). The molecule has 2 amide bonds. The summed E-state index contributed by atoms with van der Waals surface area (Å²) in [6, 6.07) is 18.7. The van der Waals surface area contributed by atoms with Crippen molar-refractivity contribution >= 4 is 62.5 Å². The normalized spacial score (nSPS) is 34.5. The third-order valence-electron chi connectivity index (χ3n) is 7.79. The summed E-state index contributed by atoms with van der Waals surface area (Å²) in [5, 5.41) is 0. The first-order valence-electron chi connectivity index (χ1n) is 11.3. The highest BCUT2D eigenvalue weighted by molar-refractivity contribution is 8.48. The molecule has 4 atom stereocenters. The lowest BCUT2D eigenvalue weighted by Crippen LogP contribution is -2.72. The number of thiocarbonyl (C=S) groups is 1. The van der Waals surface area contributed by atoms with E-state index >= 15 is 0 Å². The molecule has 0 aromatic heterocycles. The number of para-hydroxylation sites is 2. The summed E-state index contributed by atoms with van der Waals surface area (Å²) in [6.45, 7) is 4.03. The molecule has 5 aliphatic heterocycles. The fraction of sp³-hybridized carbons (Fsp3) is 0.400. The quantitative estimate of drug-likeness (QED) is 0.553. The van der Waals surface area contributed by atoms with Crippen LogP contribution in [0, 0.1) is 0 Å². The van der Waals surface area contributed by atoms with Crippen molar-refractivity contribution in [3.05, 3.63) is 60.2 Å². The molecule has 5 nitrogen and oxygen atoms in total. The summed E-state index contributed by atoms with van der Waals surface area (Å²) in [4.78, 5) is 32.2. The molecule has 0 radical (unpaired) electrons. The van der Waals surface area contributed by atoms with E-state index in [0.29, 0.717) is 9.95 Å². The van der Waals surface area contributed by atoms with Gasteiger partial charge in [-0.05, 0) is 37.1 Å². The molecule has 1 spiro atoms. The standard InChI is InChI=1S/C25H25N3O2S3/c1-4-14-24-15-25-21(30)26(3)23(2,32-22(31)33-25)20(29)28(25)19(24)27(16-10-6-5-7-11-16)18-13-9-8-12-17(18)24/h5-13,19H,4,14-15H2,1-3H3/t19-,23+,24?,25?/m0/s1. The number of fused-ring (bicyclic) bond motifs is 6. The first-order valence-corrected chi connectivity index (χ1v) is 13.3. The number of hydrogen-bond donors (Lipinski definition) is 0. The summed E-state index contributed by atoms with van der Waals surface area (Å²) in [5.74, 6) is -0.0454. The van der Waals surface area contributed by atoms with Crippen molar-refractivity contribution in [3.8, 4) is 0 Å². The van der Waals surface area contributed by atoms with Gasteiger partial charge in [0.05, 0.1) is 0 Å². The number of rotatable bonds is 3. The van der Waals surface area contributed by atoms with Gasteiger partial charge in [-0.15, -0.1) is 0 Å². The van der Waals surface area contributed by atoms with Crippen LogP contribution in [0.4, 0.5) is 11.4 Å². The van der Waals surface area contributed by atoms with Crippen LogP contribution in [0.5, 0.6) is 0 Å². The maximum absolute atomic E-state index is 14.3. The molecule has 2 unspecified atom stereocenters. The van der Waals surface area contributed by atoms with Gasteiger partial charge in [0.15, 0.2) is 9.74 Å². The van der Waals surface area contributed by atoms with E-state index in [4.69, 9.17) is 12.2 Å². The number of amides is 2. The van der Waals surface area contributed by atoms with Gasteiger partial charge in [0, 0.05) is 30.3 Å². The summed E-state index contributed by atoms with van der Waals surface area (Å²) in [7, 11) is 1.75. The Hall–Kier alpha value is -2.03. The van der Waals surface area contributed by atoms with E-state index in [2.05, 4.69) is 48.2 Å². The van der Waals surface area contributed by atoms with Crippen LogP contribution in [0.3, 0.4) is 0 Å². The topological polar surface area (TPSA) is 43.9 Å². The fourth-order valence-electron chi connectivity index (χ4n) is 6.39. The van der Waals surface area contributed by atoms with Gasteiger partial charge in [-0.2, -0.15) is 0 Å². The Kier molecular flexibility index (Phi) is 4.56. The van der Waals surface area contributed by atoms with Crippen molar-refractivity contribution in [1.82, 2.24) is 9.80 Å². The molecule has 33 heavy (non-hydrogen) atoms. The number of hydrogen-bond acceptors (Lipinski definition) is 6. The maximum Gasteiger partial charge on any atom is 0.262 e. The van der Waals surface area contributed by atoms with E-state index in [0.717, 1.165) is 24.2 Å². The number of likely N-dealkylation sites (N-methyl/N-ethyl adjacent to an activating group) is 1. The Labute approximate surface area is 207 Å². The molecule has 0 N–H and O–H groups in total. The van der Waals surface area contributed by atoms with E-state index in [9.17, 15) is 9.59 Å². The third kappa shape index (κ3) is 2.49. The zero-order valence-electron chi connectivity index (χ0n) is 18.8. The number of anilines is 2. The average molecular weight is 496 g/mol. The van der Waals surface area contributed by atoms with Gasteiger partial charge in [-0.25, -0.2) is 0 Å². The van der Waals surface area contributed by atoms with Gasteiger partial charge in [-0.1, -0.05) is 85.5 Å². The number of nitrogens with zero attached hydrogens (tertiary/aromatic N) is 3. The number of benzene rings is 2. The summed E-state index contributed by atoms with van der Waals surface area (Å²) in [6.07, 6.45) is 2.12. The zero-order valence-corrected chi connectivity index (χ0v) is 21.2. The molecule has 2 aromatic rings. The Balaban J connectivity index is 1.67. The lowest BCUT2D eigenvalue weighted by atomic mass is 9.74. The molecule has 2 bridgehead atoms. The number of carbonyl (C=O) groups is 2. The molecule has 2 aromatic carbocycles. The van der Waals surface area contributed by atoms with E-state index in [1.807, 2.05) is 30.0 Å². The molecular weight excluding hydrogens is 470 g/mol. The minimum Gasteiger partial charge on any atom is -0.320 e. The molecule has 170 valence electrons. The van der Waals surface area contributed by atoms with Crippen molar-refractivity contribution in [2.45, 2.75) is 54.4 Å². The van der Waals surface area contributed by atoms with Crippen molar-refractivity contribution in [2.24, 2.45) is 0 Å². The van der Waals surface area contributed by atoms with Crippen LogP contribution < -0.4 is 4.90 Å². The van der Waals surface area contributed by atoms with Crippen LogP contribution >= 0.6 is 35.7 Å². The Bertz CT molecular complexity index is 1210. The SMILES string of the molecule is CCCC12CC34SC(=S)S[C@](C)(C(=O)N3[C@@H]1N(c1ccccc1)c1ccccc12)N(C)C4=O. The average Bonchev–Trinajstić information content (AvgIpc) is 3.18. The second-order valence-electron chi connectivity index (χ2n) is 9.44. The molecular formula is C25H25N3O2S3. The van der Waals surface area contributed by atoms with Gasteiger partial charge in [-0.3, -0.25) is 14.5 Å². The predicted molar refractivity (Wildman–Crippen MR) is 139 cm³/mol. The second-order valence-corrected chi connectivity index (χ2v) is 13.3. The monoisotopic (exact) mass is 495 g/mol. The minimum absolute atomic E-state index is 0.0164. The second kappa shape index (κ2) is 6.99. The smallest absolute Gasteiger partial charge is 0.262 e. The highest BCUT2D eigenvalue weighted by atomic mass is 32.2. The molecule has 0 saturated carbocycles. The lowest BCUT2D eigenvalue weighted by Gasteiger charge is -2.51. The van der Waals surface area contributed by atoms with E-state index in [1.54, 1.807) is 11.9 Å². The molecule has 5 heterocycles. The Morgan fingerprint density at radius 3 is 2.45 bits per heavy atom. The van der Waals surface area contributed by atoms with Crippen LogP contribution in [-0.4, -0.2) is 48.1 Å². The number of piperazine rings is 1. The van der Waals surface area contributed by atoms with Crippen molar-refractivity contribution < 1.29 is 9.59 Å². The summed E-state index contributed by atoms with van der Waals surface area (Å²) < 4.78 is 0.664. The fourth-order valence-corrected chi connectivity index (χ4v) is 10.2. The Morgan fingerprint density at radius 2 is 1.73 bits per heavy atom. The van der Waals surface area contributed by atoms with E-state index < -0.39 is 9.74 Å². The predicted octanol–water partition coefficient (Wildman–Crippen LogP) is 5.08. The lowest BCUT2D eigenvalue weighted by molar-refractivity contribution is -0.163. The third-order valence-corrected chi connectivity index (χ3v) is 10.8. The number of carbonyl (C=O) groups excluding carboxylic acids is 2. The van der Waals surface area contributed by atoms with Gasteiger partial charge in [0.25, 0.3) is 11.8 Å². The van der Waals surface area contributed by atoms with Crippen LogP contribution in [0.1, 0.15) is 38.7 Å². The van der Waals surface area contributed by atoms with E-state index in [1.165, 1.54) is 29.1 Å². The number of thioether (sulfide) groups is 2. The summed E-state index contributed by atoms with van der Waals surface area (Å²) in [5.41, 5.74) is 3.02. The highest BCUT2D eigenvalue weighted by Gasteiger charge is 2.76. The van der Waals surface area contributed by atoms with Crippen LogP contribution in [0.2, 0.25) is 0 Å². The van der Waals surface area contributed by atoms with Crippen LogP contribution in [0.25, 0.3) is 0 Å². The minimum atomic E-state index is -1.04. The van der Waals surface area contributed by atoms with Crippen molar-refractivity contribution in [2.75, 3.05) is 11.9 Å². The molecule has 5 aliphatic rings. The van der Waals surface area contributed by atoms with Gasteiger partial charge in [0.2, 0.25) is 0 Å². The Morgan fingerprint density at radius 1 is 1.03 bits per heavy atom. The van der Waals surface area contributed by atoms with Gasteiger partial charge < -0.3 is 9.80 Å². The van der Waals surface area contributed by atoms with Crippen molar-refractivity contribution in [3.63, 3.8) is 0 Å². The van der Waals surface area contributed by atoms with Crippen LogP contribution in [0.15, 0.2) is 54.6 Å². The molecule has 8 heteroatoms. The maximum atomic E-state index is 14.3.